The molecule has 29 heavy (non-hydrogen) atoms. The van der Waals surface area contributed by atoms with Crippen molar-refractivity contribution in [2.75, 3.05) is 31.6 Å². The van der Waals surface area contributed by atoms with Crippen LogP contribution in [0.4, 0.5) is 10.1 Å². The molecule has 0 unspecified atom stereocenters. The molecule has 0 spiro atoms. The number of anilines is 1. The molecule has 3 rings (SSSR count). The van der Waals surface area contributed by atoms with Crippen LogP contribution < -0.4 is 16.2 Å². The Morgan fingerprint density at radius 3 is 2.45 bits per heavy atom. The van der Waals surface area contributed by atoms with Crippen molar-refractivity contribution in [3.05, 3.63) is 59.9 Å². The van der Waals surface area contributed by atoms with Gasteiger partial charge in [0.15, 0.2) is 5.11 Å². The Morgan fingerprint density at radius 2 is 1.76 bits per heavy atom. The quantitative estimate of drug-likeness (QED) is 0.491. The predicted molar refractivity (Wildman–Crippen MR) is 109 cm³/mol. The third-order valence-corrected chi connectivity index (χ3v) is 6.22. The maximum atomic E-state index is 14.2. The second-order valence-electron chi connectivity index (χ2n) is 6.06. The molecule has 8 nitrogen and oxygen atoms in total. The van der Waals surface area contributed by atoms with E-state index in [-0.39, 0.29) is 37.0 Å². The SMILES string of the molecule is O=C(NNC(=S)Nc1ccccc1)c1ccc(F)c(S(=O)(=O)N2CCOCC2)c1. The van der Waals surface area contributed by atoms with Gasteiger partial charge in [0.25, 0.3) is 5.91 Å². The zero-order chi connectivity index (χ0) is 20.9. The Bertz CT molecular complexity index is 996. The molecule has 1 saturated heterocycles. The average Bonchev–Trinajstić information content (AvgIpc) is 2.73. The van der Waals surface area contributed by atoms with Gasteiger partial charge in [-0.15, -0.1) is 0 Å². The Kier molecular flexibility index (Phi) is 6.75. The highest BCUT2D eigenvalue weighted by atomic mass is 32.2. The number of para-hydroxylation sites is 1. The van der Waals surface area contributed by atoms with Crippen LogP contribution in [0.1, 0.15) is 10.4 Å². The fraction of sp³-hybridized carbons (Fsp3) is 0.222. The third kappa shape index (κ3) is 5.26. The summed E-state index contributed by atoms with van der Waals surface area (Å²) in [6.07, 6.45) is 0. The number of ether oxygens (including phenoxy) is 1. The molecule has 1 amide bonds. The largest absolute Gasteiger partial charge is 0.379 e. The van der Waals surface area contributed by atoms with Crippen molar-refractivity contribution >= 4 is 38.9 Å². The summed E-state index contributed by atoms with van der Waals surface area (Å²) in [6.45, 7) is 0.714. The molecule has 11 heteroatoms. The fourth-order valence-corrected chi connectivity index (χ4v) is 4.31. The van der Waals surface area contributed by atoms with E-state index in [1.54, 1.807) is 12.1 Å². The van der Waals surface area contributed by atoms with Crippen molar-refractivity contribution in [3.63, 3.8) is 0 Å². The number of hydrogen-bond acceptors (Lipinski definition) is 5. The van der Waals surface area contributed by atoms with Crippen LogP contribution in [0.3, 0.4) is 0 Å². The second-order valence-corrected chi connectivity index (χ2v) is 8.38. The van der Waals surface area contributed by atoms with Crippen molar-refractivity contribution in [1.82, 2.24) is 15.2 Å². The summed E-state index contributed by atoms with van der Waals surface area (Å²) in [6, 6.07) is 12.2. The van der Waals surface area contributed by atoms with Crippen LogP contribution in [-0.4, -0.2) is 50.0 Å². The van der Waals surface area contributed by atoms with Crippen molar-refractivity contribution in [2.24, 2.45) is 0 Å². The van der Waals surface area contributed by atoms with E-state index in [1.807, 2.05) is 18.2 Å². The van der Waals surface area contributed by atoms with Gasteiger partial charge in [0.1, 0.15) is 10.7 Å². The number of carbonyl (C=O) groups excluding carboxylic acids is 1. The van der Waals surface area contributed by atoms with Crippen LogP contribution in [0.5, 0.6) is 0 Å². The Morgan fingerprint density at radius 1 is 1.07 bits per heavy atom. The molecule has 0 radical (unpaired) electrons. The van der Waals surface area contributed by atoms with Crippen LogP contribution in [0.2, 0.25) is 0 Å². The van der Waals surface area contributed by atoms with E-state index in [2.05, 4.69) is 16.2 Å². The molecule has 1 fully saturated rings. The topological polar surface area (TPSA) is 99.8 Å². The minimum atomic E-state index is -4.08. The van der Waals surface area contributed by atoms with Gasteiger partial charge in [-0.25, -0.2) is 12.8 Å². The van der Waals surface area contributed by atoms with E-state index >= 15 is 0 Å². The molecule has 0 aromatic heterocycles. The molecular formula is C18H19FN4O4S2. The van der Waals surface area contributed by atoms with Gasteiger partial charge in [0, 0.05) is 24.3 Å². The van der Waals surface area contributed by atoms with E-state index in [9.17, 15) is 17.6 Å². The fourth-order valence-electron chi connectivity index (χ4n) is 2.64. The molecule has 0 saturated carbocycles. The molecule has 1 aliphatic rings. The minimum absolute atomic E-state index is 0.0340. The maximum absolute atomic E-state index is 14.2. The van der Waals surface area contributed by atoms with Gasteiger partial charge in [-0.05, 0) is 42.5 Å². The monoisotopic (exact) mass is 438 g/mol. The van der Waals surface area contributed by atoms with E-state index in [1.165, 1.54) is 6.07 Å². The minimum Gasteiger partial charge on any atom is -0.379 e. The van der Waals surface area contributed by atoms with Gasteiger partial charge in [0.2, 0.25) is 10.0 Å². The van der Waals surface area contributed by atoms with Gasteiger partial charge in [-0.2, -0.15) is 4.31 Å². The van der Waals surface area contributed by atoms with E-state index in [0.717, 1.165) is 22.1 Å². The predicted octanol–water partition coefficient (Wildman–Crippen LogP) is 1.48. The van der Waals surface area contributed by atoms with Crippen molar-refractivity contribution in [3.8, 4) is 0 Å². The van der Waals surface area contributed by atoms with Crippen LogP contribution in [-0.2, 0) is 14.8 Å². The number of sulfonamides is 1. The summed E-state index contributed by atoms with van der Waals surface area (Å²) in [5.74, 6) is -1.59. The Labute approximate surface area is 173 Å². The number of hydrazine groups is 1. The summed E-state index contributed by atoms with van der Waals surface area (Å²) in [4.78, 5) is 11.8. The number of rotatable bonds is 4. The van der Waals surface area contributed by atoms with Crippen LogP contribution >= 0.6 is 12.2 Å². The Balaban J connectivity index is 1.68. The first-order valence-corrected chi connectivity index (χ1v) is 10.5. The first kappa shape index (κ1) is 21.1. The van der Waals surface area contributed by atoms with Gasteiger partial charge >= 0.3 is 0 Å². The van der Waals surface area contributed by atoms with Crippen LogP contribution in [0, 0.1) is 5.82 Å². The van der Waals surface area contributed by atoms with Gasteiger partial charge in [-0.1, -0.05) is 18.2 Å². The van der Waals surface area contributed by atoms with Crippen molar-refractivity contribution < 1.29 is 22.3 Å². The molecule has 1 heterocycles. The highest BCUT2D eigenvalue weighted by molar-refractivity contribution is 7.89. The van der Waals surface area contributed by atoms with Gasteiger partial charge in [-0.3, -0.25) is 15.6 Å². The molecule has 0 aliphatic carbocycles. The smallest absolute Gasteiger partial charge is 0.269 e. The molecule has 2 aromatic carbocycles. The highest BCUT2D eigenvalue weighted by Gasteiger charge is 2.29. The number of hydrogen-bond donors (Lipinski definition) is 3. The lowest BCUT2D eigenvalue weighted by Crippen LogP contribution is -2.44. The maximum Gasteiger partial charge on any atom is 0.269 e. The number of amides is 1. The van der Waals surface area contributed by atoms with Crippen LogP contribution in [0.25, 0.3) is 0 Å². The molecule has 1 aliphatic heterocycles. The number of carbonyl (C=O) groups is 1. The number of nitrogens with one attached hydrogen (secondary N) is 3. The highest BCUT2D eigenvalue weighted by Crippen LogP contribution is 2.21. The van der Waals surface area contributed by atoms with Crippen molar-refractivity contribution in [2.45, 2.75) is 4.90 Å². The molecule has 2 aromatic rings. The van der Waals surface area contributed by atoms with Crippen molar-refractivity contribution in [1.29, 1.82) is 0 Å². The first-order valence-electron chi connectivity index (χ1n) is 8.68. The summed E-state index contributed by atoms with van der Waals surface area (Å²) in [5.41, 5.74) is 5.56. The van der Waals surface area contributed by atoms with E-state index in [4.69, 9.17) is 17.0 Å². The normalized spacial score (nSPS) is 14.8. The summed E-state index contributed by atoms with van der Waals surface area (Å²) in [5, 5.41) is 3.00. The number of thiocarbonyl (C=S) groups is 1. The number of nitrogens with zero attached hydrogens (tertiary/aromatic N) is 1. The third-order valence-electron chi connectivity index (χ3n) is 4.10. The number of morpholine rings is 1. The lowest BCUT2D eigenvalue weighted by molar-refractivity contribution is 0.0729. The summed E-state index contributed by atoms with van der Waals surface area (Å²) < 4.78 is 45.9. The summed E-state index contributed by atoms with van der Waals surface area (Å²) >= 11 is 5.08. The van der Waals surface area contributed by atoms with Gasteiger partial charge in [0.05, 0.1) is 13.2 Å². The number of benzene rings is 2. The standard InChI is InChI=1S/C18H19FN4O4S2/c19-15-7-6-13(12-16(15)29(25,26)23-8-10-27-11-9-23)17(24)21-22-18(28)20-14-4-2-1-3-5-14/h1-7,12H,8-11H2,(H,21,24)(H2,20,22,28). The first-order chi connectivity index (χ1) is 13.9. The Hall–Kier alpha value is -2.60. The van der Waals surface area contributed by atoms with Gasteiger partial charge < -0.3 is 10.1 Å². The van der Waals surface area contributed by atoms with Crippen LogP contribution in [0.15, 0.2) is 53.4 Å². The lowest BCUT2D eigenvalue weighted by Gasteiger charge is -2.26. The molecule has 154 valence electrons. The zero-order valence-corrected chi connectivity index (χ0v) is 16.9. The lowest BCUT2D eigenvalue weighted by atomic mass is 10.2. The molecule has 0 atom stereocenters. The zero-order valence-electron chi connectivity index (χ0n) is 15.2. The van der Waals surface area contributed by atoms with E-state index < -0.39 is 26.6 Å². The molecule has 3 N–H and O–H groups in total. The summed E-state index contributed by atoms with van der Waals surface area (Å²) in [7, 11) is -4.08. The molecule has 0 bridgehead atoms. The number of halogens is 1. The van der Waals surface area contributed by atoms with E-state index in [0.29, 0.717) is 0 Å². The second kappa shape index (κ2) is 9.27. The average molecular weight is 439 g/mol. The molecular weight excluding hydrogens is 419 g/mol.